The normalized spacial score (nSPS) is 10.9. The highest BCUT2D eigenvalue weighted by atomic mass is 16.4. The lowest BCUT2D eigenvalue weighted by molar-refractivity contribution is 0.410. The Balaban J connectivity index is 0. The first-order valence-corrected chi connectivity index (χ1v) is 4.63. The zero-order valence-corrected chi connectivity index (χ0v) is 8.88. The Morgan fingerprint density at radius 2 is 1.64 bits per heavy atom. The molecule has 0 aromatic carbocycles. The third-order valence-electron chi connectivity index (χ3n) is 1.29. The van der Waals surface area contributed by atoms with Crippen LogP contribution in [0.3, 0.4) is 0 Å². The smallest absolute Gasteiger partial charge is 0.427 e. The van der Waals surface area contributed by atoms with Gasteiger partial charge in [-0.3, -0.25) is 0 Å². The van der Waals surface area contributed by atoms with E-state index in [0.29, 0.717) is 5.47 Å². The summed E-state index contributed by atoms with van der Waals surface area (Å²) in [6.07, 6.45) is 4.50. The molecule has 0 unspecified atom stereocenters. The lowest BCUT2D eigenvalue weighted by Crippen LogP contribution is -2.14. The van der Waals surface area contributed by atoms with E-state index in [1.807, 2.05) is 13.8 Å². The van der Waals surface area contributed by atoms with E-state index in [9.17, 15) is 0 Å². The largest absolute Gasteiger partial charge is 0.488 e. The van der Waals surface area contributed by atoms with Crippen molar-refractivity contribution in [3.63, 3.8) is 0 Å². The minimum Gasteiger partial charge on any atom is -0.427 e. The van der Waals surface area contributed by atoms with Crippen LogP contribution in [0.5, 0.6) is 0 Å². The molecule has 0 amide bonds. The predicted octanol–water partition coefficient (Wildman–Crippen LogP) is -0.0001000. The maximum absolute atomic E-state index is 8.69. The maximum Gasteiger partial charge on any atom is 0.488 e. The van der Waals surface area contributed by atoms with Gasteiger partial charge in [-0.1, -0.05) is 32.1 Å². The SMILES string of the molecule is C/C=C(\C=C/CB(O)O)B(O)O.CC. The van der Waals surface area contributed by atoms with Gasteiger partial charge in [0.05, 0.1) is 0 Å². The van der Waals surface area contributed by atoms with E-state index in [1.54, 1.807) is 6.92 Å². The Morgan fingerprint density at radius 3 is 1.93 bits per heavy atom. The molecule has 14 heavy (non-hydrogen) atoms. The van der Waals surface area contributed by atoms with E-state index in [0.717, 1.165) is 0 Å². The first-order chi connectivity index (χ1) is 6.57. The summed E-state index contributed by atoms with van der Waals surface area (Å²) in [4.78, 5) is 0. The molecule has 0 saturated carbocycles. The van der Waals surface area contributed by atoms with Crippen LogP contribution in [0.1, 0.15) is 20.8 Å². The molecule has 0 aliphatic heterocycles. The van der Waals surface area contributed by atoms with Crippen molar-refractivity contribution in [3.05, 3.63) is 23.7 Å². The van der Waals surface area contributed by atoms with Crippen LogP contribution < -0.4 is 0 Å². The van der Waals surface area contributed by atoms with Gasteiger partial charge in [-0.25, -0.2) is 0 Å². The van der Waals surface area contributed by atoms with Crippen LogP contribution in [0.15, 0.2) is 23.7 Å². The van der Waals surface area contributed by atoms with Gasteiger partial charge < -0.3 is 20.1 Å². The fourth-order valence-electron chi connectivity index (χ4n) is 0.657. The van der Waals surface area contributed by atoms with Crippen LogP contribution in [0, 0.1) is 0 Å². The van der Waals surface area contributed by atoms with E-state index in [1.165, 1.54) is 18.2 Å². The Bertz CT molecular complexity index is 178. The molecule has 0 aromatic heterocycles. The van der Waals surface area contributed by atoms with E-state index in [2.05, 4.69) is 0 Å². The predicted molar refractivity (Wildman–Crippen MR) is 59.4 cm³/mol. The number of hydrogen-bond donors (Lipinski definition) is 4. The molecule has 4 N–H and O–H groups in total. The van der Waals surface area contributed by atoms with E-state index >= 15 is 0 Å². The van der Waals surface area contributed by atoms with Crippen molar-refractivity contribution in [2.24, 2.45) is 0 Å². The molecule has 0 saturated heterocycles. The minimum atomic E-state index is -1.51. The molecule has 0 heterocycles. The first-order valence-electron chi connectivity index (χ1n) is 4.63. The second kappa shape index (κ2) is 10.5. The van der Waals surface area contributed by atoms with Crippen LogP contribution in [-0.2, 0) is 0 Å². The Kier molecular flexibility index (Phi) is 12.0. The van der Waals surface area contributed by atoms with Gasteiger partial charge in [0.25, 0.3) is 0 Å². The van der Waals surface area contributed by atoms with Crippen molar-refractivity contribution < 1.29 is 20.1 Å². The van der Waals surface area contributed by atoms with Crippen LogP contribution in [0.4, 0.5) is 0 Å². The average Bonchev–Trinajstić information content (AvgIpc) is 2.14. The lowest BCUT2D eigenvalue weighted by Gasteiger charge is -1.97. The molecule has 80 valence electrons. The molecular formula is C8H18B2O4. The molecule has 6 heteroatoms. The summed E-state index contributed by atoms with van der Waals surface area (Å²) in [5.74, 6) is 0. The summed E-state index contributed by atoms with van der Waals surface area (Å²) >= 11 is 0. The molecule has 0 radical (unpaired) electrons. The molecule has 0 rings (SSSR count). The third-order valence-corrected chi connectivity index (χ3v) is 1.29. The fourth-order valence-corrected chi connectivity index (χ4v) is 0.657. The fraction of sp³-hybridized carbons (Fsp3) is 0.500. The Hall–Kier alpha value is -0.550. The highest BCUT2D eigenvalue weighted by molar-refractivity contribution is 6.51. The molecule has 0 aliphatic carbocycles. The highest BCUT2D eigenvalue weighted by Gasteiger charge is 2.10. The van der Waals surface area contributed by atoms with Crippen molar-refractivity contribution in [1.29, 1.82) is 0 Å². The van der Waals surface area contributed by atoms with Gasteiger partial charge in [-0.05, 0) is 12.4 Å². The standard InChI is InChI=1S/C6H12B2O4.C2H6/c1-2-6(8(11)12)4-3-5-7(9)10;1-2/h2-4,9-12H,5H2,1H3;1-2H3/b4-3-,6-2+;. The molecule has 0 aliphatic rings. The minimum absolute atomic E-state index is 0.0735. The first kappa shape index (κ1) is 15.9. The monoisotopic (exact) mass is 200 g/mol. The van der Waals surface area contributed by atoms with Crippen molar-refractivity contribution in [1.82, 2.24) is 0 Å². The summed E-state index contributed by atoms with van der Waals surface area (Å²) in [7, 11) is -2.91. The zero-order valence-electron chi connectivity index (χ0n) is 8.88. The zero-order chi connectivity index (χ0) is 11.6. The summed E-state index contributed by atoms with van der Waals surface area (Å²) in [6.45, 7) is 5.66. The molecule has 0 spiro atoms. The van der Waals surface area contributed by atoms with Crippen LogP contribution in [0.2, 0.25) is 6.32 Å². The van der Waals surface area contributed by atoms with E-state index < -0.39 is 14.2 Å². The van der Waals surface area contributed by atoms with Gasteiger partial charge in [0.1, 0.15) is 0 Å². The van der Waals surface area contributed by atoms with Crippen molar-refractivity contribution in [3.8, 4) is 0 Å². The molecule has 4 nitrogen and oxygen atoms in total. The number of hydrogen-bond acceptors (Lipinski definition) is 4. The lowest BCUT2D eigenvalue weighted by atomic mass is 9.77. The number of rotatable bonds is 4. The van der Waals surface area contributed by atoms with Crippen molar-refractivity contribution >= 4 is 14.2 Å². The van der Waals surface area contributed by atoms with Gasteiger partial charge in [0.2, 0.25) is 0 Å². The maximum atomic E-state index is 8.69. The van der Waals surface area contributed by atoms with Crippen LogP contribution in [-0.4, -0.2) is 34.3 Å². The van der Waals surface area contributed by atoms with Gasteiger partial charge in [0, 0.05) is 6.32 Å². The van der Waals surface area contributed by atoms with Crippen molar-refractivity contribution in [2.45, 2.75) is 27.1 Å². The second-order valence-corrected chi connectivity index (χ2v) is 2.28. The van der Waals surface area contributed by atoms with Crippen LogP contribution >= 0.6 is 0 Å². The third kappa shape index (κ3) is 9.54. The van der Waals surface area contributed by atoms with Gasteiger partial charge >= 0.3 is 14.2 Å². The summed E-state index contributed by atoms with van der Waals surface area (Å²) in [6, 6.07) is 0. The second-order valence-electron chi connectivity index (χ2n) is 2.28. The highest BCUT2D eigenvalue weighted by Crippen LogP contribution is 1.99. The summed E-state index contributed by atoms with van der Waals surface area (Å²) in [5, 5.41) is 34.2. The van der Waals surface area contributed by atoms with E-state index in [4.69, 9.17) is 20.1 Å². The molecule has 0 bridgehead atoms. The summed E-state index contributed by atoms with van der Waals surface area (Å²) < 4.78 is 0. The van der Waals surface area contributed by atoms with Gasteiger partial charge in [-0.2, -0.15) is 0 Å². The Morgan fingerprint density at radius 1 is 1.14 bits per heavy atom. The quantitative estimate of drug-likeness (QED) is 0.380. The topological polar surface area (TPSA) is 80.9 Å². The van der Waals surface area contributed by atoms with Crippen molar-refractivity contribution in [2.75, 3.05) is 0 Å². The average molecular weight is 200 g/mol. The summed E-state index contributed by atoms with van der Waals surface area (Å²) in [5.41, 5.74) is 0.329. The van der Waals surface area contributed by atoms with Gasteiger partial charge in [0.15, 0.2) is 0 Å². The van der Waals surface area contributed by atoms with Crippen LogP contribution in [0.25, 0.3) is 0 Å². The molecular weight excluding hydrogens is 182 g/mol. The van der Waals surface area contributed by atoms with Gasteiger partial charge in [-0.15, -0.1) is 0 Å². The molecule has 0 atom stereocenters. The molecule has 0 aromatic rings. The Labute approximate surface area is 85.9 Å². The molecule has 0 fully saturated rings. The van der Waals surface area contributed by atoms with E-state index in [-0.39, 0.29) is 6.32 Å². The number of allylic oxidation sites excluding steroid dienone is 4.